The first-order valence-corrected chi connectivity index (χ1v) is 18.4. The fourth-order valence-corrected chi connectivity index (χ4v) is 7.86. The lowest BCUT2D eigenvalue weighted by Crippen LogP contribution is -2.49. The molecule has 2 aliphatic carbocycles. The van der Waals surface area contributed by atoms with Crippen LogP contribution in [0.5, 0.6) is 0 Å². The first kappa shape index (κ1) is 37.1. The van der Waals surface area contributed by atoms with Gasteiger partial charge < -0.3 is 21.5 Å². The summed E-state index contributed by atoms with van der Waals surface area (Å²) in [5.74, 6) is -0.327. The molecule has 0 radical (unpaired) electrons. The summed E-state index contributed by atoms with van der Waals surface area (Å²) in [5.41, 5.74) is 5.71. The van der Waals surface area contributed by atoms with Gasteiger partial charge in [0.25, 0.3) is 0 Å². The number of aromatic nitrogens is 10. The SMILES string of the molecule is NCc1cnc(-c2cnc(NCC3(c4ncccc4F)CC(F)C3)nn2)s1.OCc1cnc(-c2cnc(NCC3(c4ncccc4F)CC(F)C3)nn2)s1. The number of nitrogens with two attached hydrogens (primary N) is 1. The molecule has 6 aromatic rings. The molecule has 0 spiro atoms. The van der Waals surface area contributed by atoms with E-state index in [4.69, 9.17) is 10.8 Å². The molecular formula is C34H33F4N13OS2. The Balaban J connectivity index is 0.000000167. The third-order valence-electron chi connectivity index (χ3n) is 9.17. The van der Waals surface area contributed by atoms with Crippen LogP contribution >= 0.6 is 22.7 Å². The first-order valence-electron chi connectivity index (χ1n) is 16.8. The van der Waals surface area contributed by atoms with Crippen LogP contribution in [0.15, 0.2) is 61.4 Å². The number of thiazole rings is 2. The van der Waals surface area contributed by atoms with E-state index in [0.29, 0.717) is 27.9 Å². The van der Waals surface area contributed by atoms with Crippen LogP contribution in [0.3, 0.4) is 0 Å². The zero-order valence-corrected chi connectivity index (χ0v) is 30.0. The standard InChI is InChI=1S/C17H17F2N7S.C17H16F2N6OS/c18-10-4-17(5-10,14-12(19)2-1-3-21-14)9-24-16-23-8-13(25-26-16)15-22-7-11(6-20)27-15;18-10-4-17(5-10,14-12(19)2-1-3-20-14)9-23-16-22-7-13(24-25-16)15-21-6-11(8-26)27-15/h1-3,7-8,10H,4-6,9,20H2,(H,23,24,26);1-3,6-7,10,26H,4-5,8-9H2,(H,22,23,25). The van der Waals surface area contributed by atoms with Crippen molar-refractivity contribution in [3.63, 3.8) is 0 Å². The van der Waals surface area contributed by atoms with Crippen molar-refractivity contribution in [3.05, 3.63) is 94.2 Å². The summed E-state index contributed by atoms with van der Waals surface area (Å²) in [7, 11) is 0. The van der Waals surface area contributed by atoms with Crippen molar-refractivity contribution in [1.29, 1.82) is 0 Å². The minimum absolute atomic E-state index is 0.0834. The number of rotatable bonds is 12. The van der Waals surface area contributed by atoms with Gasteiger partial charge in [-0.05, 0) is 49.9 Å². The quantitative estimate of drug-likeness (QED) is 0.121. The Bertz CT molecular complexity index is 2010. The Morgan fingerprint density at radius 1 is 0.667 bits per heavy atom. The molecule has 6 aromatic heterocycles. The molecule has 0 amide bonds. The van der Waals surface area contributed by atoms with Crippen LogP contribution in [0.1, 0.15) is 46.8 Å². The second-order valence-electron chi connectivity index (χ2n) is 12.9. The highest BCUT2D eigenvalue weighted by Crippen LogP contribution is 2.46. The van der Waals surface area contributed by atoms with E-state index in [1.807, 2.05) is 0 Å². The fourth-order valence-electron chi connectivity index (χ4n) is 6.40. The Labute approximate surface area is 313 Å². The molecule has 0 aliphatic heterocycles. The highest BCUT2D eigenvalue weighted by molar-refractivity contribution is 7.15. The van der Waals surface area contributed by atoms with Crippen LogP contribution in [-0.2, 0) is 24.0 Å². The smallest absolute Gasteiger partial charge is 0.242 e. The molecule has 2 saturated carbocycles. The van der Waals surface area contributed by atoms with Crippen LogP contribution in [0.25, 0.3) is 21.4 Å². The molecule has 54 heavy (non-hydrogen) atoms. The molecule has 6 heterocycles. The molecule has 0 atom stereocenters. The van der Waals surface area contributed by atoms with E-state index in [1.165, 1.54) is 65.5 Å². The molecule has 2 aliphatic rings. The maximum atomic E-state index is 14.2. The van der Waals surface area contributed by atoms with Crippen molar-refractivity contribution >= 4 is 34.6 Å². The molecule has 0 aromatic carbocycles. The van der Waals surface area contributed by atoms with Gasteiger partial charge in [-0.15, -0.1) is 43.1 Å². The summed E-state index contributed by atoms with van der Waals surface area (Å²) < 4.78 is 55.5. The van der Waals surface area contributed by atoms with Crippen LogP contribution in [-0.4, -0.2) is 80.8 Å². The second kappa shape index (κ2) is 16.0. The number of aliphatic hydroxyl groups is 1. The summed E-state index contributed by atoms with van der Waals surface area (Å²) in [5, 5.41) is 32.7. The van der Waals surface area contributed by atoms with Gasteiger partial charge in [0.15, 0.2) is 0 Å². The van der Waals surface area contributed by atoms with Crippen LogP contribution in [0.4, 0.5) is 29.5 Å². The normalized spacial score (nSPS) is 21.7. The van der Waals surface area contributed by atoms with Crippen molar-refractivity contribution in [2.45, 2.75) is 62.0 Å². The van der Waals surface area contributed by atoms with Gasteiger partial charge in [-0.1, -0.05) is 0 Å². The van der Waals surface area contributed by atoms with Gasteiger partial charge in [0.05, 0.1) is 35.3 Å². The van der Waals surface area contributed by atoms with Crippen molar-refractivity contribution in [2.75, 3.05) is 23.7 Å². The Hall–Kier alpha value is -5.18. The first-order chi connectivity index (χ1) is 26.2. The van der Waals surface area contributed by atoms with Gasteiger partial charge >= 0.3 is 0 Å². The van der Waals surface area contributed by atoms with Crippen molar-refractivity contribution in [3.8, 4) is 21.4 Å². The summed E-state index contributed by atoms with van der Waals surface area (Å²) in [4.78, 5) is 26.7. The molecule has 14 nitrogen and oxygen atoms in total. The molecule has 0 unspecified atom stereocenters. The minimum Gasteiger partial charge on any atom is -0.391 e. The van der Waals surface area contributed by atoms with E-state index < -0.39 is 34.8 Å². The molecule has 20 heteroatoms. The van der Waals surface area contributed by atoms with E-state index in [1.54, 1.807) is 18.6 Å². The highest BCUT2D eigenvalue weighted by Gasteiger charge is 2.49. The van der Waals surface area contributed by atoms with Crippen LogP contribution in [0, 0.1) is 11.6 Å². The van der Waals surface area contributed by atoms with E-state index >= 15 is 0 Å². The average Bonchev–Trinajstić information content (AvgIpc) is 3.86. The van der Waals surface area contributed by atoms with Gasteiger partial charge in [-0.25, -0.2) is 37.5 Å². The fraction of sp³-hybridized carbons (Fsp3) is 0.353. The van der Waals surface area contributed by atoms with E-state index in [0.717, 1.165) is 9.75 Å². The monoisotopic (exact) mass is 779 g/mol. The number of alkyl halides is 2. The largest absolute Gasteiger partial charge is 0.391 e. The summed E-state index contributed by atoms with van der Waals surface area (Å²) in [6.07, 6.45) is 8.24. The Kier molecular flexibility index (Phi) is 11.0. The second-order valence-corrected chi connectivity index (χ2v) is 15.1. The maximum absolute atomic E-state index is 14.2. The third kappa shape index (κ3) is 8.00. The predicted molar refractivity (Wildman–Crippen MR) is 193 cm³/mol. The van der Waals surface area contributed by atoms with E-state index in [9.17, 15) is 17.6 Å². The molecule has 8 rings (SSSR count). The van der Waals surface area contributed by atoms with Gasteiger partial charge in [0.2, 0.25) is 11.9 Å². The summed E-state index contributed by atoms with van der Waals surface area (Å²) >= 11 is 2.74. The van der Waals surface area contributed by atoms with E-state index in [-0.39, 0.29) is 68.7 Å². The zero-order valence-electron chi connectivity index (χ0n) is 28.4. The topological polar surface area (TPSA) is 199 Å². The molecule has 280 valence electrons. The number of hydrogen-bond acceptors (Lipinski definition) is 16. The van der Waals surface area contributed by atoms with Crippen molar-refractivity contribution in [1.82, 2.24) is 50.3 Å². The molecule has 0 saturated heterocycles. The number of pyridine rings is 2. The summed E-state index contributed by atoms with van der Waals surface area (Å²) in [6, 6.07) is 5.70. The van der Waals surface area contributed by atoms with Gasteiger partial charge in [-0.2, -0.15) is 0 Å². The van der Waals surface area contributed by atoms with Crippen LogP contribution < -0.4 is 16.4 Å². The number of halogens is 4. The lowest BCUT2D eigenvalue weighted by molar-refractivity contribution is 0.0960. The maximum Gasteiger partial charge on any atom is 0.242 e. The lowest BCUT2D eigenvalue weighted by atomic mass is 9.65. The van der Waals surface area contributed by atoms with Crippen molar-refractivity contribution < 1.29 is 22.7 Å². The number of anilines is 2. The minimum atomic E-state index is -0.972. The summed E-state index contributed by atoms with van der Waals surface area (Å²) in [6.45, 7) is 0.866. The molecule has 0 bridgehead atoms. The number of hydrogen-bond donors (Lipinski definition) is 4. The van der Waals surface area contributed by atoms with Gasteiger partial charge in [0.1, 0.15) is 45.4 Å². The Morgan fingerprint density at radius 3 is 1.48 bits per heavy atom. The zero-order chi connectivity index (χ0) is 37.7. The van der Waals surface area contributed by atoms with Gasteiger partial charge in [-0.3, -0.25) is 9.97 Å². The third-order valence-corrected chi connectivity index (χ3v) is 11.2. The van der Waals surface area contributed by atoms with Gasteiger partial charge in [0, 0.05) is 60.1 Å². The lowest BCUT2D eigenvalue weighted by Gasteiger charge is -2.43. The number of aliphatic hydroxyl groups excluding tert-OH is 1. The molecule has 2 fully saturated rings. The molecule has 5 N–H and O–H groups in total. The highest BCUT2D eigenvalue weighted by atomic mass is 32.1. The van der Waals surface area contributed by atoms with E-state index in [2.05, 4.69) is 60.9 Å². The van der Waals surface area contributed by atoms with Crippen LogP contribution in [0.2, 0.25) is 0 Å². The van der Waals surface area contributed by atoms with Crippen molar-refractivity contribution in [2.24, 2.45) is 5.73 Å². The number of nitrogens with one attached hydrogen (secondary N) is 2. The Morgan fingerprint density at radius 2 is 1.13 bits per heavy atom. The average molecular weight is 780 g/mol. The molecular weight excluding hydrogens is 747 g/mol. The predicted octanol–water partition coefficient (Wildman–Crippen LogP) is 4.97. The number of nitrogens with zero attached hydrogens (tertiary/aromatic N) is 10.